The van der Waals surface area contributed by atoms with Crippen LogP contribution in [0.3, 0.4) is 0 Å². The van der Waals surface area contributed by atoms with Crippen molar-refractivity contribution in [2.24, 2.45) is 5.73 Å². The molecule has 2 nitrogen and oxygen atoms in total. The van der Waals surface area contributed by atoms with E-state index < -0.39 is 11.6 Å². The van der Waals surface area contributed by atoms with Gasteiger partial charge >= 0.3 is 0 Å². The van der Waals surface area contributed by atoms with Gasteiger partial charge in [-0.1, -0.05) is 12.5 Å². The molecule has 2 N–H and O–H groups in total. The van der Waals surface area contributed by atoms with Gasteiger partial charge in [-0.05, 0) is 43.4 Å². The van der Waals surface area contributed by atoms with Crippen molar-refractivity contribution < 1.29 is 8.78 Å². The van der Waals surface area contributed by atoms with E-state index in [4.69, 9.17) is 5.73 Å². The molecule has 2 fully saturated rings. The average Bonchev–Trinajstić information content (AvgIpc) is 2.35. The summed E-state index contributed by atoms with van der Waals surface area (Å²) in [7, 11) is 0. The van der Waals surface area contributed by atoms with E-state index in [-0.39, 0.29) is 0 Å². The molecule has 2 unspecified atom stereocenters. The maximum Gasteiger partial charge on any atom is 0.159 e. The van der Waals surface area contributed by atoms with Gasteiger partial charge in [0.25, 0.3) is 0 Å². The zero-order chi connectivity index (χ0) is 13.4. The van der Waals surface area contributed by atoms with Crippen LogP contribution in [0.4, 0.5) is 8.78 Å². The lowest BCUT2D eigenvalue weighted by atomic mass is 9.82. The van der Waals surface area contributed by atoms with Gasteiger partial charge in [-0.3, -0.25) is 4.90 Å². The summed E-state index contributed by atoms with van der Waals surface area (Å²) < 4.78 is 26.2. The Bertz CT molecular complexity index is 449. The normalized spacial score (nSPS) is 31.4. The second kappa shape index (κ2) is 5.17. The summed E-state index contributed by atoms with van der Waals surface area (Å²) in [6.45, 7) is 0.708. The molecule has 2 atom stereocenters. The summed E-state index contributed by atoms with van der Waals surface area (Å²) >= 11 is 0. The van der Waals surface area contributed by atoms with Crippen molar-refractivity contribution in [3.63, 3.8) is 0 Å². The first-order chi connectivity index (χ1) is 9.13. The molecule has 2 heterocycles. The van der Waals surface area contributed by atoms with Crippen molar-refractivity contribution in [2.45, 2.75) is 56.8 Å². The molecular weight excluding hydrogens is 246 g/mol. The lowest BCUT2D eigenvalue weighted by Crippen LogP contribution is -2.54. The highest BCUT2D eigenvalue weighted by Crippen LogP contribution is 2.34. The Morgan fingerprint density at radius 3 is 2.42 bits per heavy atom. The van der Waals surface area contributed by atoms with E-state index in [0.29, 0.717) is 24.7 Å². The minimum atomic E-state index is -0.774. The lowest BCUT2D eigenvalue weighted by Gasteiger charge is -2.48. The van der Waals surface area contributed by atoms with Crippen LogP contribution in [0.2, 0.25) is 0 Å². The Hall–Kier alpha value is -1.00. The molecule has 0 radical (unpaired) electrons. The molecule has 0 amide bonds. The van der Waals surface area contributed by atoms with Crippen LogP contribution in [0.25, 0.3) is 0 Å². The van der Waals surface area contributed by atoms with Crippen molar-refractivity contribution in [1.82, 2.24) is 4.90 Å². The number of nitrogens with zero attached hydrogens (tertiary/aromatic N) is 1. The number of hydrogen-bond donors (Lipinski definition) is 1. The molecule has 2 saturated heterocycles. The molecule has 2 bridgehead atoms. The van der Waals surface area contributed by atoms with Crippen LogP contribution in [0.1, 0.15) is 37.7 Å². The van der Waals surface area contributed by atoms with E-state index in [1.165, 1.54) is 31.4 Å². The molecule has 0 spiro atoms. The van der Waals surface area contributed by atoms with Gasteiger partial charge in [-0.15, -0.1) is 0 Å². The largest absolute Gasteiger partial charge is 0.328 e. The Labute approximate surface area is 112 Å². The van der Waals surface area contributed by atoms with Gasteiger partial charge in [0, 0.05) is 24.7 Å². The number of benzene rings is 1. The third-order valence-corrected chi connectivity index (χ3v) is 4.51. The summed E-state index contributed by atoms with van der Waals surface area (Å²) in [4.78, 5) is 2.44. The SMILES string of the molecule is NC1CC2CCCC(C1)N2Cc1ccc(F)c(F)c1. The topological polar surface area (TPSA) is 29.3 Å². The van der Waals surface area contributed by atoms with Crippen LogP contribution in [0.15, 0.2) is 18.2 Å². The Morgan fingerprint density at radius 1 is 1.11 bits per heavy atom. The van der Waals surface area contributed by atoms with Gasteiger partial charge in [0.2, 0.25) is 0 Å². The molecule has 1 aromatic carbocycles. The van der Waals surface area contributed by atoms with Gasteiger partial charge in [-0.2, -0.15) is 0 Å². The number of fused-ring (bicyclic) bond motifs is 2. The molecule has 2 aliphatic rings. The zero-order valence-corrected chi connectivity index (χ0v) is 11.0. The van der Waals surface area contributed by atoms with Crippen molar-refractivity contribution >= 4 is 0 Å². The molecule has 0 aliphatic carbocycles. The molecule has 2 aliphatic heterocycles. The second-order valence-electron chi connectivity index (χ2n) is 5.89. The van der Waals surface area contributed by atoms with E-state index in [9.17, 15) is 8.78 Å². The first kappa shape index (κ1) is 13.0. The predicted molar refractivity (Wildman–Crippen MR) is 70.5 cm³/mol. The fourth-order valence-electron chi connectivity index (χ4n) is 3.63. The Kier molecular flexibility index (Phi) is 3.54. The number of halogens is 2. The van der Waals surface area contributed by atoms with Gasteiger partial charge in [-0.25, -0.2) is 8.78 Å². The number of nitrogens with two attached hydrogens (primary N) is 1. The third-order valence-electron chi connectivity index (χ3n) is 4.51. The molecule has 3 rings (SSSR count). The van der Waals surface area contributed by atoms with Gasteiger partial charge < -0.3 is 5.73 Å². The number of piperidine rings is 2. The maximum absolute atomic E-state index is 13.3. The first-order valence-corrected chi connectivity index (χ1v) is 7.09. The van der Waals surface area contributed by atoms with Gasteiger partial charge in [0.05, 0.1) is 0 Å². The summed E-state index contributed by atoms with van der Waals surface area (Å²) in [5.74, 6) is -1.53. The fraction of sp³-hybridized carbons (Fsp3) is 0.600. The molecule has 0 aromatic heterocycles. The maximum atomic E-state index is 13.3. The Balaban J connectivity index is 1.76. The lowest BCUT2D eigenvalue weighted by molar-refractivity contribution is 0.0244. The quantitative estimate of drug-likeness (QED) is 0.892. The van der Waals surface area contributed by atoms with Gasteiger partial charge in [0.1, 0.15) is 0 Å². The van der Waals surface area contributed by atoms with Gasteiger partial charge in [0.15, 0.2) is 11.6 Å². The molecular formula is C15H20F2N2. The predicted octanol–water partition coefficient (Wildman–Crippen LogP) is 2.81. The van der Waals surface area contributed by atoms with Crippen molar-refractivity contribution in [2.75, 3.05) is 0 Å². The molecule has 4 heteroatoms. The third kappa shape index (κ3) is 2.65. The monoisotopic (exact) mass is 266 g/mol. The van der Waals surface area contributed by atoms with Crippen LogP contribution in [0, 0.1) is 11.6 Å². The van der Waals surface area contributed by atoms with E-state index in [1.807, 2.05) is 0 Å². The minimum Gasteiger partial charge on any atom is -0.328 e. The van der Waals surface area contributed by atoms with Crippen molar-refractivity contribution in [1.29, 1.82) is 0 Å². The molecule has 0 saturated carbocycles. The molecule has 1 aromatic rings. The smallest absolute Gasteiger partial charge is 0.159 e. The van der Waals surface area contributed by atoms with Crippen LogP contribution in [0.5, 0.6) is 0 Å². The highest BCUT2D eigenvalue weighted by atomic mass is 19.2. The van der Waals surface area contributed by atoms with E-state index in [0.717, 1.165) is 18.4 Å². The minimum absolute atomic E-state index is 0.302. The van der Waals surface area contributed by atoms with E-state index in [1.54, 1.807) is 6.07 Å². The molecule has 104 valence electrons. The van der Waals surface area contributed by atoms with Crippen molar-refractivity contribution in [3.05, 3.63) is 35.4 Å². The first-order valence-electron chi connectivity index (χ1n) is 7.09. The van der Waals surface area contributed by atoms with E-state index >= 15 is 0 Å². The molecule has 19 heavy (non-hydrogen) atoms. The fourth-order valence-corrected chi connectivity index (χ4v) is 3.63. The van der Waals surface area contributed by atoms with Crippen LogP contribution < -0.4 is 5.73 Å². The number of rotatable bonds is 2. The zero-order valence-electron chi connectivity index (χ0n) is 11.0. The standard InChI is InChI=1S/C15H20F2N2/c16-14-5-4-10(6-15(14)17)9-19-12-2-1-3-13(19)8-11(18)7-12/h4-6,11-13H,1-3,7-9,18H2. The Morgan fingerprint density at radius 2 is 1.79 bits per heavy atom. The summed E-state index contributed by atoms with van der Waals surface area (Å²) in [6.07, 6.45) is 5.67. The highest BCUT2D eigenvalue weighted by molar-refractivity contribution is 5.18. The van der Waals surface area contributed by atoms with Crippen LogP contribution in [-0.2, 0) is 6.54 Å². The summed E-state index contributed by atoms with van der Waals surface area (Å²) in [5.41, 5.74) is 6.94. The van der Waals surface area contributed by atoms with E-state index in [2.05, 4.69) is 4.90 Å². The highest BCUT2D eigenvalue weighted by Gasteiger charge is 2.36. The second-order valence-corrected chi connectivity index (χ2v) is 5.89. The van der Waals surface area contributed by atoms with Crippen molar-refractivity contribution in [3.8, 4) is 0 Å². The van der Waals surface area contributed by atoms with Crippen LogP contribution in [-0.4, -0.2) is 23.0 Å². The number of hydrogen-bond acceptors (Lipinski definition) is 2. The summed E-state index contributed by atoms with van der Waals surface area (Å²) in [5, 5.41) is 0. The van der Waals surface area contributed by atoms with Crippen LogP contribution >= 0.6 is 0 Å². The average molecular weight is 266 g/mol. The summed E-state index contributed by atoms with van der Waals surface area (Å²) in [6, 6.07) is 5.54.